The number of alkyl halides is 3. The maximum atomic E-state index is 12.8. The van der Waals surface area contributed by atoms with Gasteiger partial charge in [-0.1, -0.05) is 35.4 Å². The van der Waals surface area contributed by atoms with Gasteiger partial charge in [0.1, 0.15) is 6.61 Å². The van der Waals surface area contributed by atoms with Gasteiger partial charge < -0.3 is 9.47 Å². The third-order valence-corrected chi connectivity index (χ3v) is 4.85. The van der Waals surface area contributed by atoms with Crippen LogP contribution in [0.1, 0.15) is 55.1 Å². The number of carbonyl (C=O) groups excluding carboxylic acids is 1. The smallest absolute Gasteiger partial charge is 0.416 e. The molecule has 0 amide bonds. The molecule has 2 aromatic rings. The lowest BCUT2D eigenvalue weighted by molar-refractivity contribution is -0.137. The summed E-state index contributed by atoms with van der Waals surface area (Å²) in [5.74, 6) is 0.556. The Balaban J connectivity index is 2.04. The van der Waals surface area contributed by atoms with Gasteiger partial charge in [-0.05, 0) is 81.7 Å². The molecule has 0 saturated heterocycles. The van der Waals surface area contributed by atoms with E-state index < -0.39 is 11.7 Å². The minimum Gasteiger partial charge on any atom is -0.493 e. The zero-order valence-electron chi connectivity index (χ0n) is 19.3. The summed E-state index contributed by atoms with van der Waals surface area (Å²) in [6, 6.07) is 9.60. The van der Waals surface area contributed by atoms with Gasteiger partial charge in [0.05, 0.1) is 12.7 Å². The predicted octanol–water partition coefficient (Wildman–Crippen LogP) is 7.68. The molecule has 3 nitrogen and oxygen atoms in total. The first kappa shape index (κ1) is 26.0. The molecule has 33 heavy (non-hydrogen) atoms. The number of carbonyl (C=O) groups is 1. The van der Waals surface area contributed by atoms with Gasteiger partial charge in [-0.3, -0.25) is 4.79 Å². The largest absolute Gasteiger partial charge is 0.493 e. The molecule has 0 heterocycles. The van der Waals surface area contributed by atoms with Crippen molar-refractivity contribution < 1.29 is 27.4 Å². The number of benzene rings is 2. The predicted molar refractivity (Wildman–Crippen MR) is 126 cm³/mol. The van der Waals surface area contributed by atoms with Gasteiger partial charge in [0.2, 0.25) is 0 Å². The summed E-state index contributed by atoms with van der Waals surface area (Å²) in [7, 11) is 1.48. The minimum absolute atomic E-state index is 0.289. The molecule has 0 aromatic heterocycles. The molecule has 0 bridgehead atoms. The summed E-state index contributed by atoms with van der Waals surface area (Å²) in [5.41, 5.74) is 2.38. The molecule has 2 rings (SSSR count). The molecule has 0 saturated carbocycles. The number of hydrogen-bond acceptors (Lipinski definition) is 3. The van der Waals surface area contributed by atoms with Crippen LogP contribution in [0.25, 0.3) is 6.08 Å². The van der Waals surface area contributed by atoms with Gasteiger partial charge in [-0.25, -0.2) is 0 Å². The van der Waals surface area contributed by atoms with E-state index in [4.69, 9.17) is 9.47 Å². The SMILES string of the molecule is COc1cc(C(=O)/C=C/c2cccc(C(F)(F)F)c2)ccc1OC/C=C(\C)CCC=C(C)C. The standard InChI is InChI=1S/C27H29F3O3/c1-19(2)7-5-8-20(3)15-16-33-25-14-12-22(18-26(25)32-4)24(31)13-11-21-9-6-10-23(17-21)27(28,29)30/h6-7,9-15,17-18H,5,8,16H2,1-4H3/b13-11+,20-15+. The summed E-state index contributed by atoms with van der Waals surface area (Å²) in [4.78, 5) is 12.5. The first-order valence-corrected chi connectivity index (χ1v) is 10.6. The zero-order valence-corrected chi connectivity index (χ0v) is 19.3. The van der Waals surface area contributed by atoms with Crippen LogP contribution in [0.5, 0.6) is 11.5 Å². The van der Waals surface area contributed by atoms with Crippen molar-refractivity contribution in [3.05, 3.63) is 88.5 Å². The minimum atomic E-state index is -4.43. The van der Waals surface area contributed by atoms with Crippen LogP contribution in [-0.4, -0.2) is 19.5 Å². The molecule has 2 aromatic carbocycles. The highest BCUT2D eigenvalue weighted by Gasteiger charge is 2.30. The Morgan fingerprint density at radius 1 is 1.00 bits per heavy atom. The molecular formula is C27H29F3O3. The van der Waals surface area contributed by atoms with E-state index >= 15 is 0 Å². The highest BCUT2D eigenvalue weighted by molar-refractivity contribution is 6.07. The van der Waals surface area contributed by atoms with E-state index in [0.29, 0.717) is 23.7 Å². The number of ether oxygens (including phenoxy) is 2. The van der Waals surface area contributed by atoms with Gasteiger partial charge in [0.25, 0.3) is 0 Å². The second-order valence-corrected chi connectivity index (χ2v) is 7.87. The maximum absolute atomic E-state index is 12.8. The summed E-state index contributed by atoms with van der Waals surface area (Å²) < 4.78 is 49.7. The fraction of sp³-hybridized carbons (Fsp3) is 0.296. The fourth-order valence-corrected chi connectivity index (χ4v) is 2.99. The fourth-order valence-electron chi connectivity index (χ4n) is 2.99. The average Bonchev–Trinajstić information content (AvgIpc) is 2.77. The van der Waals surface area contributed by atoms with Crippen molar-refractivity contribution in [1.82, 2.24) is 0 Å². The molecule has 0 unspecified atom stereocenters. The van der Waals surface area contributed by atoms with Crippen LogP contribution in [0.15, 0.2) is 71.8 Å². The van der Waals surface area contributed by atoms with Crippen LogP contribution in [0.2, 0.25) is 0 Å². The summed E-state index contributed by atoms with van der Waals surface area (Å²) in [6.45, 7) is 6.58. The highest BCUT2D eigenvalue weighted by Crippen LogP contribution is 2.30. The first-order valence-electron chi connectivity index (χ1n) is 10.6. The average molecular weight is 459 g/mol. The molecule has 0 radical (unpaired) electrons. The van der Waals surface area contributed by atoms with E-state index in [0.717, 1.165) is 25.0 Å². The second kappa shape index (κ2) is 12.1. The van der Waals surface area contributed by atoms with Gasteiger partial charge in [0.15, 0.2) is 17.3 Å². The lowest BCUT2D eigenvalue weighted by Gasteiger charge is -2.11. The summed E-state index contributed by atoms with van der Waals surface area (Å²) in [6.07, 6.45) is 4.31. The normalized spacial score (nSPS) is 12.0. The van der Waals surface area contributed by atoms with Crippen molar-refractivity contribution in [2.75, 3.05) is 13.7 Å². The molecule has 6 heteroatoms. The number of allylic oxidation sites excluding steroid dienone is 4. The Bertz CT molecular complexity index is 1040. The Hall–Kier alpha value is -3.28. The van der Waals surface area contributed by atoms with E-state index in [9.17, 15) is 18.0 Å². The van der Waals surface area contributed by atoms with E-state index in [2.05, 4.69) is 26.8 Å². The van der Waals surface area contributed by atoms with Crippen molar-refractivity contribution in [2.24, 2.45) is 0 Å². The summed E-state index contributed by atoms with van der Waals surface area (Å²) >= 11 is 0. The van der Waals surface area contributed by atoms with Crippen LogP contribution < -0.4 is 9.47 Å². The third-order valence-electron chi connectivity index (χ3n) is 4.85. The van der Waals surface area contributed by atoms with Gasteiger partial charge >= 0.3 is 6.18 Å². The Morgan fingerprint density at radius 2 is 1.76 bits per heavy atom. The van der Waals surface area contributed by atoms with Crippen LogP contribution in [-0.2, 0) is 6.18 Å². The van der Waals surface area contributed by atoms with Crippen LogP contribution >= 0.6 is 0 Å². The molecule has 0 aliphatic carbocycles. The number of rotatable bonds is 10. The Morgan fingerprint density at radius 3 is 2.42 bits per heavy atom. The van der Waals surface area contributed by atoms with Gasteiger partial charge in [0, 0.05) is 5.56 Å². The molecule has 0 N–H and O–H groups in total. The van der Waals surface area contributed by atoms with Gasteiger partial charge in [-0.2, -0.15) is 13.2 Å². The van der Waals surface area contributed by atoms with E-state index in [1.807, 2.05) is 6.08 Å². The summed E-state index contributed by atoms with van der Waals surface area (Å²) in [5, 5.41) is 0. The lowest BCUT2D eigenvalue weighted by Crippen LogP contribution is -2.04. The van der Waals surface area contributed by atoms with Crippen molar-refractivity contribution >= 4 is 11.9 Å². The zero-order chi connectivity index (χ0) is 24.4. The monoisotopic (exact) mass is 458 g/mol. The molecule has 176 valence electrons. The first-order chi connectivity index (χ1) is 15.6. The Labute approximate surface area is 193 Å². The van der Waals surface area contributed by atoms with Crippen molar-refractivity contribution in [2.45, 2.75) is 39.8 Å². The number of halogens is 3. The third kappa shape index (κ3) is 8.64. The van der Waals surface area contributed by atoms with E-state index in [1.54, 1.807) is 18.2 Å². The quantitative estimate of drug-likeness (QED) is 0.208. The van der Waals surface area contributed by atoms with E-state index in [1.165, 1.54) is 42.5 Å². The molecule has 0 spiro atoms. The highest BCUT2D eigenvalue weighted by atomic mass is 19.4. The molecule has 0 aliphatic rings. The van der Waals surface area contributed by atoms with Gasteiger partial charge in [-0.15, -0.1) is 0 Å². The van der Waals surface area contributed by atoms with E-state index in [-0.39, 0.29) is 11.3 Å². The van der Waals surface area contributed by atoms with Crippen molar-refractivity contribution in [3.63, 3.8) is 0 Å². The molecule has 0 aliphatic heterocycles. The molecular weight excluding hydrogens is 429 g/mol. The van der Waals surface area contributed by atoms with Crippen molar-refractivity contribution in [3.8, 4) is 11.5 Å². The lowest BCUT2D eigenvalue weighted by atomic mass is 10.1. The molecule has 0 fully saturated rings. The Kier molecular flexibility index (Phi) is 9.52. The van der Waals surface area contributed by atoms with Crippen LogP contribution in [0.3, 0.4) is 0 Å². The van der Waals surface area contributed by atoms with Crippen LogP contribution in [0, 0.1) is 0 Å². The topological polar surface area (TPSA) is 35.5 Å². The second-order valence-electron chi connectivity index (χ2n) is 7.87. The van der Waals surface area contributed by atoms with Crippen LogP contribution in [0.4, 0.5) is 13.2 Å². The molecule has 0 atom stereocenters. The number of hydrogen-bond donors (Lipinski definition) is 0. The number of ketones is 1. The maximum Gasteiger partial charge on any atom is 0.416 e. The number of methoxy groups -OCH3 is 1. The van der Waals surface area contributed by atoms with Crippen molar-refractivity contribution in [1.29, 1.82) is 0 Å².